The number of carbonyl (C=O) groups is 1. The first kappa shape index (κ1) is 23.7. The van der Waals surface area contributed by atoms with E-state index in [4.69, 9.17) is 27.5 Å². The standard InChI is InChI=1S/C23H24ClN7O2S/c1-2-19(32)31-8-3-4-15(11-31)30-23-20(22(26)28-13-29-23)21(25)14-5-6-17(16(24)10-14)33-12-18-27-7-9-34-18/h2,5-7,9-10,13,15,25H,1,3-4,8,11-12H2,(H3,26,28,29,30). The van der Waals surface area contributed by atoms with Crippen molar-refractivity contribution in [2.45, 2.75) is 25.5 Å². The number of benzene rings is 1. The molecule has 3 heterocycles. The highest BCUT2D eigenvalue weighted by molar-refractivity contribution is 7.09. The predicted octanol–water partition coefficient (Wildman–Crippen LogP) is 3.75. The minimum absolute atomic E-state index is 0.0382. The zero-order valence-corrected chi connectivity index (χ0v) is 19.9. The molecular weight excluding hydrogens is 474 g/mol. The second kappa shape index (κ2) is 10.6. The van der Waals surface area contributed by atoms with E-state index in [2.05, 4.69) is 26.8 Å². The average molecular weight is 498 g/mol. The third kappa shape index (κ3) is 5.35. The van der Waals surface area contributed by atoms with Crippen LogP contribution >= 0.6 is 22.9 Å². The lowest BCUT2D eigenvalue weighted by atomic mass is 10.0. The van der Waals surface area contributed by atoms with Gasteiger partial charge in [-0.3, -0.25) is 10.2 Å². The number of rotatable bonds is 8. The van der Waals surface area contributed by atoms with E-state index < -0.39 is 0 Å². The van der Waals surface area contributed by atoms with Gasteiger partial charge in [0.05, 0.1) is 16.3 Å². The van der Waals surface area contributed by atoms with Crippen molar-refractivity contribution in [2.75, 3.05) is 24.1 Å². The Morgan fingerprint density at radius 1 is 1.41 bits per heavy atom. The van der Waals surface area contributed by atoms with Crippen LogP contribution in [-0.4, -0.2) is 50.6 Å². The smallest absolute Gasteiger partial charge is 0.246 e. The number of nitrogen functional groups attached to an aromatic ring is 1. The Morgan fingerprint density at radius 2 is 2.26 bits per heavy atom. The highest BCUT2D eigenvalue weighted by atomic mass is 35.5. The average Bonchev–Trinajstić information content (AvgIpc) is 3.36. The van der Waals surface area contributed by atoms with Crippen LogP contribution in [0, 0.1) is 5.41 Å². The van der Waals surface area contributed by atoms with Gasteiger partial charge in [-0.05, 0) is 37.1 Å². The van der Waals surface area contributed by atoms with Gasteiger partial charge < -0.3 is 20.7 Å². The van der Waals surface area contributed by atoms with Crippen LogP contribution in [0.3, 0.4) is 0 Å². The molecule has 9 nitrogen and oxygen atoms in total. The molecule has 4 rings (SSSR count). The summed E-state index contributed by atoms with van der Waals surface area (Å²) in [6.45, 7) is 5.08. The molecule has 176 valence electrons. The summed E-state index contributed by atoms with van der Waals surface area (Å²) in [7, 11) is 0. The molecule has 1 fully saturated rings. The molecule has 4 N–H and O–H groups in total. The summed E-state index contributed by atoms with van der Waals surface area (Å²) in [6.07, 6.45) is 6.10. The van der Waals surface area contributed by atoms with Gasteiger partial charge in [0.15, 0.2) is 0 Å². The minimum atomic E-state index is -0.103. The number of nitrogens with zero attached hydrogens (tertiary/aromatic N) is 4. The molecule has 1 unspecified atom stereocenters. The van der Waals surface area contributed by atoms with Crippen LogP contribution in [0.5, 0.6) is 5.75 Å². The predicted molar refractivity (Wildman–Crippen MR) is 134 cm³/mol. The molecule has 1 aromatic carbocycles. The molecule has 0 aliphatic carbocycles. The summed E-state index contributed by atoms with van der Waals surface area (Å²) in [5.41, 5.74) is 7.21. The fourth-order valence-electron chi connectivity index (χ4n) is 3.75. The Kier molecular flexibility index (Phi) is 7.39. The van der Waals surface area contributed by atoms with E-state index in [-0.39, 0.29) is 23.5 Å². The number of amides is 1. The normalized spacial score (nSPS) is 15.6. The zero-order chi connectivity index (χ0) is 24.1. The van der Waals surface area contributed by atoms with Gasteiger partial charge in [0.2, 0.25) is 5.91 Å². The van der Waals surface area contributed by atoms with Crippen LogP contribution in [0.25, 0.3) is 0 Å². The molecular formula is C23H24ClN7O2S. The third-order valence-electron chi connectivity index (χ3n) is 5.43. The number of anilines is 2. The van der Waals surface area contributed by atoms with E-state index in [0.29, 0.717) is 47.4 Å². The molecule has 0 spiro atoms. The van der Waals surface area contributed by atoms with Crippen molar-refractivity contribution in [3.63, 3.8) is 0 Å². The van der Waals surface area contributed by atoms with Gasteiger partial charge in [0, 0.05) is 36.3 Å². The Balaban J connectivity index is 1.52. The van der Waals surface area contributed by atoms with Crippen molar-refractivity contribution in [1.29, 1.82) is 5.41 Å². The molecule has 1 aliphatic heterocycles. The molecule has 34 heavy (non-hydrogen) atoms. The summed E-state index contributed by atoms with van der Waals surface area (Å²) >= 11 is 7.93. The fraction of sp³-hybridized carbons (Fsp3) is 0.261. The van der Waals surface area contributed by atoms with Crippen molar-refractivity contribution in [3.05, 3.63) is 69.9 Å². The minimum Gasteiger partial charge on any atom is -0.485 e. The summed E-state index contributed by atoms with van der Waals surface area (Å²) in [5.74, 6) is 1.01. The van der Waals surface area contributed by atoms with Crippen LogP contribution in [0.2, 0.25) is 5.02 Å². The van der Waals surface area contributed by atoms with Gasteiger partial charge in [-0.15, -0.1) is 11.3 Å². The van der Waals surface area contributed by atoms with Crippen LogP contribution < -0.4 is 15.8 Å². The molecule has 1 aliphatic rings. The molecule has 11 heteroatoms. The van der Waals surface area contributed by atoms with Gasteiger partial charge in [-0.1, -0.05) is 18.2 Å². The fourth-order valence-corrected chi connectivity index (χ4v) is 4.52. The Morgan fingerprint density at radius 3 is 3.00 bits per heavy atom. The van der Waals surface area contributed by atoms with Gasteiger partial charge in [0.1, 0.15) is 35.3 Å². The molecule has 1 atom stereocenters. The van der Waals surface area contributed by atoms with Crippen molar-refractivity contribution in [2.24, 2.45) is 0 Å². The van der Waals surface area contributed by atoms with Gasteiger partial charge in [0.25, 0.3) is 0 Å². The summed E-state index contributed by atoms with van der Waals surface area (Å²) in [5, 5.41) is 15.2. The van der Waals surface area contributed by atoms with Crippen LogP contribution in [0.4, 0.5) is 11.6 Å². The number of ether oxygens (including phenoxy) is 1. The van der Waals surface area contributed by atoms with Crippen molar-refractivity contribution >= 4 is 46.2 Å². The van der Waals surface area contributed by atoms with E-state index in [9.17, 15) is 4.79 Å². The van der Waals surface area contributed by atoms with E-state index in [1.54, 1.807) is 29.3 Å². The number of thiazole rings is 1. The van der Waals surface area contributed by atoms with Crippen LogP contribution in [0.15, 0.2) is 48.8 Å². The van der Waals surface area contributed by atoms with Crippen molar-refractivity contribution in [3.8, 4) is 5.75 Å². The maximum atomic E-state index is 12.0. The first-order chi connectivity index (χ1) is 16.5. The number of piperidine rings is 1. The lowest BCUT2D eigenvalue weighted by Gasteiger charge is -2.33. The number of likely N-dealkylation sites (tertiary alicyclic amines) is 1. The topological polar surface area (TPSA) is 130 Å². The molecule has 1 amide bonds. The second-order valence-electron chi connectivity index (χ2n) is 7.69. The Bertz CT molecular complexity index is 1200. The van der Waals surface area contributed by atoms with E-state index in [1.807, 2.05) is 5.38 Å². The van der Waals surface area contributed by atoms with Crippen molar-refractivity contribution < 1.29 is 9.53 Å². The molecule has 1 saturated heterocycles. The van der Waals surface area contributed by atoms with Crippen molar-refractivity contribution in [1.82, 2.24) is 19.9 Å². The van der Waals surface area contributed by atoms with Crippen LogP contribution in [-0.2, 0) is 11.4 Å². The third-order valence-corrected chi connectivity index (χ3v) is 6.48. The molecule has 3 aromatic rings. The van der Waals surface area contributed by atoms with Gasteiger partial charge in [-0.2, -0.15) is 0 Å². The maximum absolute atomic E-state index is 12.0. The number of hydrogen-bond acceptors (Lipinski definition) is 9. The number of carbonyl (C=O) groups excluding carboxylic acids is 1. The van der Waals surface area contributed by atoms with Crippen LogP contribution in [0.1, 0.15) is 29.0 Å². The number of nitrogens with one attached hydrogen (secondary N) is 2. The summed E-state index contributed by atoms with van der Waals surface area (Å²) in [4.78, 5) is 26.4. The summed E-state index contributed by atoms with van der Waals surface area (Å²) < 4.78 is 5.75. The SMILES string of the molecule is C=CC(=O)N1CCCC(Nc2ncnc(N)c2C(=N)c2ccc(OCc3nccs3)c(Cl)c2)C1. The first-order valence-corrected chi connectivity index (χ1v) is 11.9. The van der Waals surface area contributed by atoms with E-state index in [0.717, 1.165) is 17.8 Å². The summed E-state index contributed by atoms with van der Waals surface area (Å²) in [6, 6.07) is 5.07. The largest absolute Gasteiger partial charge is 0.485 e. The molecule has 2 aromatic heterocycles. The quantitative estimate of drug-likeness (QED) is 0.319. The first-order valence-electron chi connectivity index (χ1n) is 10.6. The number of nitrogens with two attached hydrogens (primary N) is 1. The lowest BCUT2D eigenvalue weighted by Crippen LogP contribution is -2.44. The second-order valence-corrected chi connectivity index (χ2v) is 9.08. The lowest BCUT2D eigenvalue weighted by molar-refractivity contribution is -0.127. The molecule has 0 radical (unpaired) electrons. The Hall–Kier alpha value is -3.50. The number of hydrogen-bond donors (Lipinski definition) is 3. The molecule has 0 saturated carbocycles. The molecule has 0 bridgehead atoms. The highest BCUT2D eigenvalue weighted by Gasteiger charge is 2.25. The van der Waals surface area contributed by atoms with Gasteiger partial charge >= 0.3 is 0 Å². The van der Waals surface area contributed by atoms with E-state index in [1.165, 1.54) is 23.7 Å². The monoisotopic (exact) mass is 497 g/mol. The number of aromatic nitrogens is 3. The highest BCUT2D eigenvalue weighted by Crippen LogP contribution is 2.30. The zero-order valence-electron chi connectivity index (χ0n) is 18.3. The number of halogens is 1. The van der Waals surface area contributed by atoms with Gasteiger partial charge in [-0.25, -0.2) is 15.0 Å². The maximum Gasteiger partial charge on any atom is 0.246 e. The Labute approximate surface area is 206 Å². The van der Waals surface area contributed by atoms with E-state index >= 15 is 0 Å².